The van der Waals surface area contributed by atoms with Gasteiger partial charge in [-0.25, -0.2) is 12.8 Å². The molecule has 0 atom stereocenters. The standard InChI is InChI=1S/C22H24FNO3S/c1-3-28(25,26)18-8-9-22(27-14-15-4-5-15)20(11-18)21-13-24(2)12-16-6-7-17(23)10-19(16)21/h6-11,13,15H,3-5,12,14H2,1-2H3. The highest BCUT2D eigenvalue weighted by Crippen LogP contribution is 2.39. The van der Waals surface area contributed by atoms with Crippen molar-refractivity contribution in [3.8, 4) is 5.75 Å². The summed E-state index contributed by atoms with van der Waals surface area (Å²) >= 11 is 0. The molecule has 0 spiro atoms. The van der Waals surface area contributed by atoms with Gasteiger partial charge in [0.05, 0.1) is 17.3 Å². The van der Waals surface area contributed by atoms with Crippen LogP contribution in [-0.2, 0) is 16.4 Å². The van der Waals surface area contributed by atoms with E-state index in [4.69, 9.17) is 4.74 Å². The number of ether oxygens (including phenoxy) is 1. The van der Waals surface area contributed by atoms with E-state index in [2.05, 4.69) is 0 Å². The first-order chi connectivity index (χ1) is 13.4. The molecule has 1 saturated carbocycles. The maximum absolute atomic E-state index is 14.0. The van der Waals surface area contributed by atoms with Gasteiger partial charge in [0, 0.05) is 30.9 Å². The van der Waals surface area contributed by atoms with Gasteiger partial charge in [0.1, 0.15) is 11.6 Å². The van der Waals surface area contributed by atoms with E-state index in [1.54, 1.807) is 31.2 Å². The molecule has 4 nitrogen and oxygen atoms in total. The fourth-order valence-corrected chi connectivity index (χ4v) is 4.36. The van der Waals surface area contributed by atoms with E-state index in [0.717, 1.165) is 29.5 Å². The monoisotopic (exact) mass is 401 g/mol. The van der Waals surface area contributed by atoms with Gasteiger partial charge in [0.15, 0.2) is 9.84 Å². The minimum absolute atomic E-state index is 0.0267. The van der Waals surface area contributed by atoms with Crippen LogP contribution in [0.5, 0.6) is 5.75 Å². The molecule has 1 aliphatic heterocycles. The molecule has 0 N–H and O–H groups in total. The maximum atomic E-state index is 14.0. The van der Waals surface area contributed by atoms with E-state index >= 15 is 0 Å². The van der Waals surface area contributed by atoms with Crippen molar-refractivity contribution in [1.29, 1.82) is 0 Å². The van der Waals surface area contributed by atoms with Gasteiger partial charge in [-0.1, -0.05) is 13.0 Å². The number of nitrogens with zero attached hydrogens (tertiary/aromatic N) is 1. The third-order valence-electron chi connectivity index (χ3n) is 5.28. The molecule has 1 heterocycles. The fourth-order valence-electron chi connectivity index (χ4n) is 3.45. The van der Waals surface area contributed by atoms with Crippen molar-refractivity contribution in [2.24, 2.45) is 5.92 Å². The second-order valence-electron chi connectivity index (χ2n) is 7.58. The molecule has 1 aliphatic carbocycles. The summed E-state index contributed by atoms with van der Waals surface area (Å²) in [5, 5.41) is 0. The molecule has 0 radical (unpaired) electrons. The zero-order valence-electron chi connectivity index (χ0n) is 16.1. The third-order valence-corrected chi connectivity index (χ3v) is 7.02. The zero-order chi connectivity index (χ0) is 19.9. The molecule has 0 aromatic heterocycles. The van der Waals surface area contributed by atoms with Gasteiger partial charge in [-0.3, -0.25) is 0 Å². The van der Waals surface area contributed by atoms with Crippen LogP contribution in [0.3, 0.4) is 0 Å². The molecule has 6 heteroatoms. The van der Waals surface area contributed by atoms with Crippen LogP contribution < -0.4 is 4.74 Å². The Bertz CT molecular complexity index is 1040. The third kappa shape index (κ3) is 3.78. The number of hydrogen-bond donors (Lipinski definition) is 0. The van der Waals surface area contributed by atoms with E-state index in [9.17, 15) is 12.8 Å². The second-order valence-corrected chi connectivity index (χ2v) is 9.85. The summed E-state index contributed by atoms with van der Waals surface area (Å²) in [4.78, 5) is 2.28. The number of fused-ring (bicyclic) bond motifs is 1. The van der Waals surface area contributed by atoms with Crippen molar-refractivity contribution in [1.82, 2.24) is 4.90 Å². The van der Waals surface area contributed by atoms with Crippen LogP contribution >= 0.6 is 0 Å². The molecule has 4 rings (SSSR count). The van der Waals surface area contributed by atoms with Crippen molar-refractivity contribution < 1.29 is 17.5 Å². The lowest BCUT2D eigenvalue weighted by Gasteiger charge is -2.27. The number of sulfone groups is 1. The van der Waals surface area contributed by atoms with Crippen LogP contribution in [0.15, 0.2) is 47.5 Å². The molecular formula is C22H24FNO3S. The largest absolute Gasteiger partial charge is 0.493 e. The predicted octanol–water partition coefficient (Wildman–Crippen LogP) is 4.24. The van der Waals surface area contributed by atoms with Crippen molar-refractivity contribution in [2.75, 3.05) is 19.4 Å². The Balaban J connectivity index is 1.86. The van der Waals surface area contributed by atoms with Crippen molar-refractivity contribution in [3.05, 3.63) is 65.1 Å². The van der Waals surface area contributed by atoms with Crippen LogP contribution in [0.1, 0.15) is 36.5 Å². The van der Waals surface area contributed by atoms with Crippen molar-refractivity contribution in [3.63, 3.8) is 0 Å². The van der Waals surface area contributed by atoms with Crippen molar-refractivity contribution in [2.45, 2.75) is 31.2 Å². The van der Waals surface area contributed by atoms with E-state index in [-0.39, 0.29) is 16.5 Å². The summed E-state index contributed by atoms with van der Waals surface area (Å²) in [6.07, 6.45) is 4.26. The molecule has 2 aromatic carbocycles. The van der Waals surface area contributed by atoms with Gasteiger partial charge in [-0.15, -0.1) is 0 Å². The van der Waals surface area contributed by atoms with Crippen LogP contribution in [0.4, 0.5) is 4.39 Å². The van der Waals surface area contributed by atoms with Gasteiger partial charge in [0.25, 0.3) is 0 Å². The highest BCUT2D eigenvalue weighted by atomic mass is 32.2. The van der Waals surface area contributed by atoms with Gasteiger partial charge >= 0.3 is 0 Å². The first-order valence-corrected chi connectivity index (χ1v) is 11.2. The van der Waals surface area contributed by atoms with E-state index < -0.39 is 9.84 Å². The van der Waals surface area contributed by atoms with Gasteiger partial charge in [-0.2, -0.15) is 0 Å². The number of benzene rings is 2. The molecule has 2 aliphatic rings. The fraction of sp³-hybridized carbons (Fsp3) is 0.364. The Hall–Kier alpha value is -2.34. The zero-order valence-corrected chi connectivity index (χ0v) is 16.9. The van der Waals surface area contributed by atoms with Gasteiger partial charge in [0.2, 0.25) is 0 Å². The van der Waals surface area contributed by atoms with Crippen LogP contribution in [0.2, 0.25) is 0 Å². The highest BCUT2D eigenvalue weighted by molar-refractivity contribution is 7.91. The average molecular weight is 402 g/mol. The lowest BCUT2D eigenvalue weighted by Crippen LogP contribution is -2.18. The van der Waals surface area contributed by atoms with Crippen molar-refractivity contribution >= 4 is 15.4 Å². The van der Waals surface area contributed by atoms with Crippen LogP contribution in [-0.4, -0.2) is 32.7 Å². The molecule has 2 aromatic rings. The predicted molar refractivity (Wildman–Crippen MR) is 107 cm³/mol. The summed E-state index contributed by atoms with van der Waals surface area (Å²) in [7, 11) is -1.42. The molecule has 0 bridgehead atoms. The average Bonchev–Trinajstić information content (AvgIpc) is 3.50. The van der Waals surface area contributed by atoms with Crippen LogP contribution in [0, 0.1) is 11.7 Å². The minimum Gasteiger partial charge on any atom is -0.493 e. The van der Waals surface area contributed by atoms with E-state index in [1.165, 1.54) is 12.1 Å². The summed E-state index contributed by atoms with van der Waals surface area (Å²) in [6, 6.07) is 9.75. The van der Waals surface area contributed by atoms with Crippen LogP contribution in [0.25, 0.3) is 5.57 Å². The summed E-state index contributed by atoms with van der Waals surface area (Å²) in [5.41, 5.74) is 3.24. The number of rotatable bonds is 6. The number of halogens is 1. The SMILES string of the molecule is CCS(=O)(=O)c1ccc(OCC2CC2)c(C2=CN(C)Cc3ccc(F)cc32)c1. The van der Waals surface area contributed by atoms with E-state index in [1.807, 2.05) is 18.1 Å². The molecule has 148 valence electrons. The van der Waals surface area contributed by atoms with Gasteiger partial charge < -0.3 is 9.64 Å². The Morgan fingerprint density at radius 3 is 2.64 bits per heavy atom. The second kappa shape index (κ2) is 7.24. The Morgan fingerprint density at radius 1 is 1.14 bits per heavy atom. The minimum atomic E-state index is -3.36. The molecule has 1 fully saturated rings. The first kappa shape index (κ1) is 19.0. The topological polar surface area (TPSA) is 46.6 Å². The maximum Gasteiger partial charge on any atom is 0.178 e. The molecule has 0 unspecified atom stereocenters. The van der Waals surface area contributed by atoms with Gasteiger partial charge in [-0.05, 0) is 60.2 Å². The smallest absolute Gasteiger partial charge is 0.178 e. The Morgan fingerprint density at radius 2 is 1.93 bits per heavy atom. The molecule has 0 saturated heterocycles. The summed E-state index contributed by atoms with van der Waals surface area (Å²) < 4.78 is 45.0. The Labute approximate surface area is 165 Å². The molecular weight excluding hydrogens is 377 g/mol. The van der Waals surface area contributed by atoms with E-state index in [0.29, 0.717) is 30.4 Å². The number of hydrogen-bond acceptors (Lipinski definition) is 4. The highest BCUT2D eigenvalue weighted by Gasteiger charge is 2.25. The first-order valence-electron chi connectivity index (χ1n) is 9.58. The summed E-state index contributed by atoms with van der Waals surface area (Å²) in [6.45, 7) is 2.92. The lowest BCUT2D eigenvalue weighted by molar-refractivity contribution is 0.298. The lowest BCUT2D eigenvalue weighted by atomic mass is 9.91. The Kier molecular flexibility index (Phi) is 4.91. The summed E-state index contributed by atoms with van der Waals surface area (Å²) in [5.74, 6) is 0.921. The molecule has 0 amide bonds. The molecule has 28 heavy (non-hydrogen) atoms. The quantitative estimate of drug-likeness (QED) is 0.726. The normalized spacial score (nSPS) is 16.5.